The van der Waals surface area contributed by atoms with Gasteiger partial charge in [0.2, 0.25) is 0 Å². The second kappa shape index (κ2) is 6.70. The fraction of sp³-hybridized carbons (Fsp3) is 0.500. The van der Waals surface area contributed by atoms with Crippen LogP contribution in [0.25, 0.3) is 0 Å². The van der Waals surface area contributed by atoms with Crippen molar-refractivity contribution in [3.05, 3.63) is 24.2 Å². The third kappa shape index (κ3) is 3.32. The van der Waals surface area contributed by atoms with Crippen molar-refractivity contribution >= 4 is 0 Å². The molecule has 1 rings (SSSR count). The Morgan fingerprint density at radius 3 is 2.47 bits per heavy atom. The summed E-state index contributed by atoms with van der Waals surface area (Å²) in [5.74, 6) is 0.699. The van der Waals surface area contributed by atoms with Gasteiger partial charge in [-0.25, -0.2) is 0 Å². The molecule has 0 saturated carbocycles. The van der Waals surface area contributed by atoms with Gasteiger partial charge in [0.25, 0.3) is 0 Å². The number of rotatable bonds is 6. The number of nitriles is 2. The van der Waals surface area contributed by atoms with Crippen LogP contribution in [0.2, 0.25) is 0 Å². The van der Waals surface area contributed by atoms with Crippen molar-refractivity contribution in [3.63, 3.8) is 0 Å². The van der Waals surface area contributed by atoms with Crippen LogP contribution in [-0.4, -0.2) is 24.0 Å². The summed E-state index contributed by atoms with van der Waals surface area (Å²) in [6.45, 7) is 2.29. The molecule has 17 heavy (non-hydrogen) atoms. The molecule has 0 aliphatic heterocycles. The van der Waals surface area contributed by atoms with Crippen molar-refractivity contribution in [1.29, 1.82) is 10.5 Å². The van der Waals surface area contributed by atoms with Crippen molar-refractivity contribution in [2.75, 3.05) is 13.1 Å². The number of furan rings is 1. The molecular weight excluding hydrogens is 216 g/mol. The van der Waals surface area contributed by atoms with Crippen LogP contribution < -0.4 is 5.73 Å². The minimum atomic E-state index is -0.228. The highest BCUT2D eigenvalue weighted by Gasteiger charge is 2.27. The first-order valence-corrected chi connectivity index (χ1v) is 5.51. The molecule has 0 amide bonds. The van der Waals surface area contributed by atoms with Crippen LogP contribution in [0.15, 0.2) is 22.8 Å². The van der Waals surface area contributed by atoms with Gasteiger partial charge in [-0.1, -0.05) is 6.92 Å². The van der Waals surface area contributed by atoms with Gasteiger partial charge in [-0.15, -0.1) is 0 Å². The van der Waals surface area contributed by atoms with Crippen LogP contribution in [0, 0.1) is 22.7 Å². The second-order valence-corrected chi connectivity index (χ2v) is 3.75. The Bertz CT molecular complexity index is 385. The Hall–Kier alpha value is -1.82. The second-order valence-electron chi connectivity index (χ2n) is 3.75. The van der Waals surface area contributed by atoms with Gasteiger partial charge >= 0.3 is 0 Å². The largest absolute Gasteiger partial charge is 0.468 e. The molecule has 0 bridgehead atoms. The summed E-state index contributed by atoms with van der Waals surface area (Å²) in [6.07, 6.45) is 2.32. The lowest BCUT2D eigenvalue weighted by atomic mass is 10.0. The molecule has 5 nitrogen and oxygen atoms in total. The van der Waals surface area contributed by atoms with Crippen LogP contribution in [0.5, 0.6) is 0 Å². The van der Waals surface area contributed by atoms with Crippen LogP contribution in [0.1, 0.15) is 25.1 Å². The van der Waals surface area contributed by atoms with E-state index in [0.29, 0.717) is 5.76 Å². The van der Waals surface area contributed by atoms with Gasteiger partial charge < -0.3 is 10.2 Å². The third-order valence-corrected chi connectivity index (χ3v) is 2.65. The molecule has 1 aromatic rings. The van der Waals surface area contributed by atoms with Crippen molar-refractivity contribution < 1.29 is 4.42 Å². The molecule has 0 aromatic carbocycles. The molecule has 2 N–H and O–H groups in total. The van der Waals surface area contributed by atoms with E-state index < -0.39 is 0 Å². The Kier molecular flexibility index (Phi) is 5.22. The minimum absolute atomic E-state index is 0.159. The molecule has 1 aromatic heterocycles. The fourth-order valence-electron chi connectivity index (χ4n) is 1.78. The normalized spacial score (nSPS) is 13.9. The molecule has 90 valence electrons. The van der Waals surface area contributed by atoms with E-state index in [2.05, 4.69) is 12.1 Å². The monoisotopic (exact) mass is 232 g/mol. The Labute approximate surface area is 101 Å². The summed E-state index contributed by atoms with van der Waals surface area (Å²) in [6, 6.07) is 7.31. The highest BCUT2D eigenvalue weighted by molar-refractivity contribution is 5.09. The zero-order valence-electron chi connectivity index (χ0n) is 9.84. The molecule has 1 heterocycles. The van der Waals surface area contributed by atoms with Gasteiger partial charge in [0.1, 0.15) is 5.76 Å². The lowest BCUT2D eigenvalue weighted by molar-refractivity contribution is 0.184. The molecule has 0 aliphatic carbocycles. The molecule has 0 aliphatic rings. The van der Waals surface area contributed by atoms with Gasteiger partial charge in [-0.2, -0.15) is 10.5 Å². The minimum Gasteiger partial charge on any atom is -0.468 e. The van der Waals surface area contributed by atoms with Gasteiger partial charge in [0.15, 0.2) is 0 Å². The van der Waals surface area contributed by atoms with Crippen molar-refractivity contribution in [2.45, 2.75) is 25.4 Å². The molecule has 5 heteroatoms. The maximum absolute atomic E-state index is 8.79. The maximum Gasteiger partial charge on any atom is 0.122 e. The summed E-state index contributed by atoms with van der Waals surface area (Å²) in [5.41, 5.74) is 6.05. The number of hydrogen-bond acceptors (Lipinski definition) is 5. The summed E-state index contributed by atoms with van der Waals surface area (Å²) >= 11 is 0. The number of nitrogens with zero attached hydrogens (tertiary/aromatic N) is 3. The third-order valence-electron chi connectivity index (χ3n) is 2.65. The summed E-state index contributed by atoms with van der Waals surface area (Å²) < 4.78 is 5.35. The number of hydrogen-bond donors (Lipinski definition) is 1. The van der Waals surface area contributed by atoms with Crippen LogP contribution >= 0.6 is 0 Å². The lowest BCUT2D eigenvalue weighted by Crippen LogP contribution is -2.41. The van der Waals surface area contributed by atoms with Crippen LogP contribution in [0.4, 0.5) is 0 Å². The first-order valence-electron chi connectivity index (χ1n) is 5.51. The van der Waals surface area contributed by atoms with E-state index in [1.807, 2.05) is 13.0 Å². The van der Waals surface area contributed by atoms with Crippen molar-refractivity contribution in [3.8, 4) is 12.1 Å². The van der Waals surface area contributed by atoms with Crippen LogP contribution in [-0.2, 0) is 0 Å². The first kappa shape index (κ1) is 13.2. The Morgan fingerprint density at radius 2 is 2.06 bits per heavy atom. The lowest BCUT2D eigenvalue weighted by Gasteiger charge is -2.30. The smallest absolute Gasteiger partial charge is 0.122 e. The average Bonchev–Trinajstić information content (AvgIpc) is 2.83. The first-order chi connectivity index (χ1) is 8.24. The average molecular weight is 232 g/mol. The van der Waals surface area contributed by atoms with Crippen molar-refractivity contribution in [2.24, 2.45) is 5.73 Å². The van der Waals surface area contributed by atoms with E-state index in [4.69, 9.17) is 20.7 Å². The number of nitrogens with two attached hydrogens (primary N) is 1. The van der Waals surface area contributed by atoms with E-state index in [1.165, 1.54) is 0 Å². The van der Waals surface area contributed by atoms with Gasteiger partial charge in [-0.3, -0.25) is 4.90 Å². The summed E-state index contributed by atoms with van der Waals surface area (Å²) in [7, 11) is 0. The quantitative estimate of drug-likeness (QED) is 0.749. The van der Waals surface area contributed by atoms with E-state index in [-0.39, 0.29) is 25.2 Å². The van der Waals surface area contributed by atoms with Gasteiger partial charge in [-0.05, 0) is 18.6 Å². The molecule has 2 atom stereocenters. The molecule has 0 saturated heterocycles. The zero-order chi connectivity index (χ0) is 12.7. The molecule has 0 fully saturated rings. The van der Waals surface area contributed by atoms with Crippen LogP contribution in [0.3, 0.4) is 0 Å². The predicted octanol–water partition coefficient (Wildman–Crippen LogP) is 1.41. The summed E-state index contributed by atoms with van der Waals surface area (Å²) in [4.78, 5) is 1.73. The van der Waals surface area contributed by atoms with E-state index in [0.717, 1.165) is 6.42 Å². The van der Waals surface area contributed by atoms with Gasteiger partial charge in [0.05, 0.1) is 37.5 Å². The maximum atomic E-state index is 8.79. The Morgan fingerprint density at radius 1 is 1.41 bits per heavy atom. The Balaban J connectivity index is 2.96. The molecule has 0 spiro atoms. The van der Waals surface area contributed by atoms with E-state index in [9.17, 15) is 0 Å². The highest BCUT2D eigenvalue weighted by Crippen LogP contribution is 2.24. The molecule has 2 unspecified atom stereocenters. The predicted molar refractivity (Wildman–Crippen MR) is 62.5 cm³/mol. The SMILES string of the molecule is CCC(N)C(c1ccco1)N(CC#N)CC#N. The standard InChI is InChI=1S/C12H16N4O/c1-2-10(15)12(11-4-3-9-17-11)16(7-5-13)8-6-14/h3-4,9-10,12H,2,7-8,15H2,1H3. The summed E-state index contributed by atoms with van der Waals surface area (Å²) in [5, 5.41) is 17.6. The molecular formula is C12H16N4O. The zero-order valence-corrected chi connectivity index (χ0v) is 9.84. The highest BCUT2D eigenvalue weighted by atomic mass is 16.3. The van der Waals surface area contributed by atoms with E-state index in [1.54, 1.807) is 17.2 Å². The fourth-order valence-corrected chi connectivity index (χ4v) is 1.78. The van der Waals surface area contributed by atoms with Gasteiger partial charge in [0, 0.05) is 6.04 Å². The van der Waals surface area contributed by atoms with Crippen molar-refractivity contribution in [1.82, 2.24) is 4.90 Å². The topological polar surface area (TPSA) is 90.0 Å². The molecule has 0 radical (unpaired) electrons. The van der Waals surface area contributed by atoms with E-state index >= 15 is 0 Å².